The summed E-state index contributed by atoms with van der Waals surface area (Å²) in [5.74, 6) is 0. The summed E-state index contributed by atoms with van der Waals surface area (Å²) in [6.07, 6.45) is 0. The van der Waals surface area contributed by atoms with Crippen LogP contribution in [0.5, 0.6) is 0 Å². The molecule has 1 radical (unpaired) electrons. The van der Waals surface area contributed by atoms with E-state index in [4.69, 9.17) is 0 Å². The summed E-state index contributed by atoms with van der Waals surface area (Å²) >= 11 is 0. The maximum atomic E-state index is 4.25. The summed E-state index contributed by atoms with van der Waals surface area (Å²) in [5.41, 5.74) is 1.33. The smallest absolute Gasteiger partial charge is 0.0351 e. The van der Waals surface area contributed by atoms with E-state index in [2.05, 4.69) is 14.0 Å². The maximum absolute atomic E-state index is 4.25. The first kappa shape index (κ1) is 16.2. The fraction of sp³-hybridized carbons (Fsp3) is 0.800. The molecule has 1 atom stereocenters. The van der Waals surface area contributed by atoms with E-state index in [1.165, 1.54) is 5.66 Å². The molecule has 0 saturated carbocycles. The molecule has 0 aliphatic rings. The van der Waals surface area contributed by atoms with Gasteiger partial charge < -0.3 is 4.74 Å². The molecule has 1 nitrogen and oxygen atoms in total. The molecule has 3 heteroatoms. The zero-order valence-corrected chi connectivity index (χ0v) is 10.1. The van der Waals surface area contributed by atoms with Gasteiger partial charge in [0.05, 0.1) is 0 Å². The minimum Gasteiger partial charge on any atom is -0.388 e. The molecule has 0 aromatic carbocycles. The molecule has 0 spiro atoms. The third-order valence-electron chi connectivity index (χ3n) is 0. The Labute approximate surface area is 80.0 Å². The molecule has 0 aromatic rings. The second kappa shape index (κ2) is 15.8. The van der Waals surface area contributed by atoms with Gasteiger partial charge in [-0.2, -0.15) is 13.8 Å². The van der Waals surface area contributed by atoms with Gasteiger partial charge in [0.25, 0.3) is 0 Å². The molecule has 0 fully saturated rings. The van der Waals surface area contributed by atoms with Crippen LogP contribution < -0.4 is 0 Å². The molecule has 0 amide bonds. The van der Waals surface area contributed by atoms with E-state index in [9.17, 15) is 0 Å². The van der Waals surface area contributed by atoms with Crippen LogP contribution in [-0.4, -0.2) is 14.2 Å². The zero-order valence-electron chi connectivity index (χ0n) is 6.06. The van der Waals surface area contributed by atoms with Crippen LogP contribution >= 0.6 is 9.24 Å². The predicted molar refractivity (Wildman–Crippen MR) is 37.2 cm³/mol. The molecule has 0 aliphatic heterocycles. The van der Waals surface area contributed by atoms with Crippen LogP contribution in [0.1, 0.15) is 13.8 Å². The maximum Gasteiger partial charge on any atom is 0.0351 e. The van der Waals surface area contributed by atoms with Crippen LogP contribution in [-0.2, 0) is 37.4 Å². The van der Waals surface area contributed by atoms with Gasteiger partial charge >= 0.3 is 0 Å². The number of rotatable bonds is 0. The van der Waals surface area contributed by atoms with Crippen LogP contribution in [0.3, 0.4) is 0 Å². The quantitative estimate of drug-likeness (QED) is 0.436. The van der Waals surface area contributed by atoms with Crippen molar-refractivity contribution >= 4 is 9.24 Å². The average molecular weight is 210 g/mol. The van der Waals surface area contributed by atoms with E-state index in [1.54, 1.807) is 14.2 Å². The van der Waals surface area contributed by atoms with Gasteiger partial charge in [-0.15, -0.1) is 0 Å². The van der Waals surface area contributed by atoms with Gasteiger partial charge in [-0.1, -0.05) is 0 Å². The van der Waals surface area contributed by atoms with Gasteiger partial charge in [-0.3, -0.25) is 14.9 Å². The Morgan fingerprint density at radius 1 is 1.25 bits per heavy atom. The fourth-order valence-corrected chi connectivity index (χ4v) is 0. The van der Waals surface area contributed by atoms with Gasteiger partial charge in [0.1, 0.15) is 0 Å². The van der Waals surface area contributed by atoms with Gasteiger partial charge in [-0.25, -0.2) is 0 Å². The van der Waals surface area contributed by atoms with E-state index in [0.29, 0.717) is 0 Å². The predicted octanol–water partition coefficient (Wildman–Crippen LogP) is 1.69. The average Bonchev–Trinajstić information content (AvgIpc) is 1.33. The molecule has 8 heavy (non-hydrogen) atoms. The van der Waals surface area contributed by atoms with Gasteiger partial charge in [0.15, 0.2) is 0 Å². The Hall–Kier alpha value is 1.49. The first-order valence-corrected chi connectivity index (χ1v) is 2.68. The van der Waals surface area contributed by atoms with E-state index in [1.807, 2.05) is 13.8 Å². The molecule has 0 rings (SSSR count). The molecule has 0 aliphatic carbocycles. The Kier molecular flexibility index (Phi) is 32.1. The first-order valence-electron chi connectivity index (χ1n) is 2.11. The first-order chi connectivity index (χ1) is 3.15. The van der Waals surface area contributed by atoms with Crippen molar-refractivity contribution in [3.05, 3.63) is 5.66 Å². The summed E-state index contributed by atoms with van der Waals surface area (Å²) in [5, 5.41) is 0. The number of hydrogen-bond acceptors (Lipinski definition) is 1. The van der Waals surface area contributed by atoms with Crippen molar-refractivity contribution in [3.8, 4) is 0 Å². The fourth-order valence-electron chi connectivity index (χ4n) is 0. The Morgan fingerprint density at radius 2 is 1.25 bits per heavy atom. The van der Waals surface area contributed by atoms with Crippen LogP contribution in [0, 0.1) is 5.66 Å². The minimum atomic E-state index is 0. The molecule has 0 saturated heterocycles. The standard InChI is InChI=1S/C3H8P.C2H6O.Y/c1-3(2)4;1-3-2;/h4H2,1-2H3;1-2H3;/q-1;;. The van der Waals surface area contributed by atoms with Crippen molar-refractivity contribution in [2.75, 3.05) is 14.2 Å². The van der Waals surface area contributed by atoms with Crippen LogP contribution in [0.25, 0.3) is 0 Å². The number of hydrogen-bond donors (Lipinski definition) is 0. The van der Waals surface area contributed by atoms with E-state index in [-0.39, 0.29) is 32.7 Å². The normalized spacial score (nSPS) is 6.75. The van der Waals surface area contributed by atoms with Crippen molar-refractivity contribution in [1.29, 1.82) is 0 Å². The van der Waals surface area contributed by atoms with Gasteiger partial charge in [0.2, 0.25) is 0 Å². The third-order valence-corrected chi connectivity index (χ3v) is 0. The molecule has 0 bridgehead atoms. The summed E-state index contributed by atoms with van der Waals surface area (Å²) in [4.78, 5) is 0. The van der Waals surface area contributed by atoms with Crippen LogP contribution in [0.2, 0.25) is 0 Å². The van der Waals surface area contributed by atoms with Gasteiger partial charge in [-0.05, 0) is 0 Å². The van der Waals surface area contributed by atoms with Crippen molar-refractivity contribution < 1.29 is 37.4 Å². The zero-order chi connectivity index (χ0) is 6.28. The molecule has 0 N–H and O–H groups in total. The number of ether oxygens (including phenoxy) is 1. The van der Waals surface area contributed by atoms with E-state index in [0.717, 1.165) is 0 Å². The van der Waals surface area contributed by atoms with Crippen molar-refractivity contribution in [3.63, 3.8) is 0 Å². The van der Waals surface area contributed by atoms with Crippen LogP contribution in [0.15, 0.2) is 0 Å². The minimum absolute atomic E-state index is 0. The van der Waals surface area contributed by atoms with E-state index < -0.39 is 0 Å². The topological polar surface area (TPSA) is 9.23 Å². The molecule has 1 unspecified atom stereocenters. The largest absolute Gasteiger partial charge is 0.388 e. The second-order valence-electron chi connectivity index (χ2n) is 1.49. The molecule has 0 heterocycles. The molecular formula is C5H14OPY-. The summed E-state index contributed by atoms with van der Waals surface area (Å²) in [6.45, 7) is 4.09. The van der Waals surface area contributed by atoms with Crippen molar-refractivity contribution in [2.45, 2.75) is 13.8 Å². The summed E-state index contributed by atoms with van der Waals surface area (Å²) in [7, 11) is 5.82. The van der Waals surface area contributed by atoms with Crippen molar-refractivity contribution in [2.24, 2.45) is 0 Å². The SMILES string of the molecule is COC.C[C-](C)P.[Y]. The molecule has 0 aromatic heterocycles. The van der Waals surface area contributed by atoms with E-state index >= 15 is 0 Å². The van der Waals surface area contributed by atoms with Gasteiger partial charge in [0, 0.05) is 46.9 Å². The molecule has 49 valence electrons. The monoisotopic (exact) mass is 210 g/mol. The van der Waals surface area contributed by atoms with Crippen molar-refractivity contribution in [1.82, 2.24) is 0 Å². The second-order valence-corrected chi connectivity index (χ2v) is 2.64. The summed E-state index contributed by atoms with van der Waals surface area (Å²) < 4.78 is 4.25. The Morgan fingerprint density at radius 3 is 1.25 bits per heavy atom. The summed E-state index contributed by atoms with van der Waals surface area (Å²) in [6, 6.07) is 0. The third kappa shape index (κ3) is 142. The Balaban J connectivity index is -0.0000000575. The Bertz CT molecular complexity index is 23.6. The number of methoxy groups -OCH3 is 1. The molecular weight excluding hydrogens is 196 g/mol. The van der Waals surface area contributed by atoms with Crippen LogP contribution in [0.4, 0.5) is 0 Å².